The zero-order valence-electron chi connectivity index (χ0n) is 8.17. The first-order valence-corrected chi connectivity index (χ1v) is 4.26. The average Bonchev–Trinajstić information content (AvgIpc) is 2.14. The van der Waals surface area contributed by atoms with Crippen LogP contribution in [-0.4, -0.2) is 18.1 Å². The molecule has 1 aromatic carbocycles. The van der Waals surface area contributed by atoms with Crippen molar-refractivity contribution in [3.8, 4) is 11.5 Å². The van der Waals surface area contributed by atoms with Crippen molar-refractivity contribution in [1.82, 2.24) is 0 Å². The predicted octanol–water partition coefficient (Wildman–Crippen LogP) is 2.68. The highest BCUT2D eigenvalue weighted by Gasteiger charge is 2.31. The number of ether oxygens (including phenoxy) is 2. The molecular formula is C9H7F5O3. The maximum atomic E-state index is 11.9. The molecule has 96 valence electrons. The van der Waals surface area contributed by atoms with E-state index < -0.39 is 31.1 Å². The van der Waals surface area contributed by atoms with Gasteiger partial charge in [-0.05, 0) is 12.1 Å². The Morgan fingerprint density at radius 1 is 1.24 bits per heavy atom. The Morgan fingerprint density at radius 2 is 1.88 bits per heavy atom. The monoisotopic (exact) mass is 258 g/mol. The molecule has 0 unspecified atom stereocenters. The Kier molecular flexibility index (Phi) is 4.11. The quantitative estimate of drug-likeness (QED) is 0.844. The van der Waals surface area contributed by atoms with Crippen molar-refractivity contribution in [2.24, 2.45) is 0 Å². The topological polar surface area (TPSA) is 38.7 Å². The number of aliphatic hydroxyl groups is 1. The lowest BCUT2D eigenvalue weighted by atomic mass is 10.2. The summed E-state index contributed by atoms with van der Waals surface area (Å²) in [5.41, 5.74) is -0.0696. The van der Waals surface area contributed by atoms with Crippen LogP contribution in [0.3, 0.4) is 0 Å². The third-order valence-electron chi connectivity index (χ3n) is 1.66. The van der Waals surface area contributed by atoms with Gasteiger partial charge in [-0.3, -0.25) is 0 Å². The molecule has 1 aromatic rings. The van der Waals surface area contributed by atoms with E-state index in [1.54, 1.807) is 0 Å². The van der Waals surface area contributed by atoms with E-state index in [0.717, 1.165) is 12.1 Å². The largest absolute Gasteiger partial charge is 0.573 e. The molecule has 0 fully saturated rings. The number of rotatable bonds is 4. The Labute approximate surface area is 92.4 Å². The van der Waals surface area contributed by atoms with Crippen LogP contribution in [0, 0.1) is 0 Å². The molecule has 0 aliphatic carbocycles. The average molecular weight is 258 g/mol. The molecule has 1 rings (SSSR count). The summed E-state index contributed by atoms with van der Waals surface area (Å²) < 4.78 is 66.9. The van der Waals surface area contributed by atoms with Crippen molar-refractivity contribution >= 4 is 0 Å². The fourth-order valence-electron chi connectivity index (χ4n) is 1.07. The fourth-order valence-corrected chi connectivity index (χ4v) is 1.07. The lowest BCUT2D eigenvalue weighted by molar-refractivity contribution is -0.274. The molecule has 0 heterocycles. The molecule has 17 heavy (non-hydrogen) atoms. The number of aliphatic hydroxyl groups excluding tert-OH is 1. The number of halogens is 5. The van der Waals surface area contributed by atoms with Crippen molar-refractivity contribution in [2.45, 2.75) is 19.6 Å². The van der Waals surface area contributed by atoms with E-state index in [1.807, 2.05) is 0 Å². The molecule has 0 saturated carbocycles. The molecule has 0 bridgehead atoms. The summed E-state index contributed by atoms with van der Waals surface area (Å²) in [7, 11) is 0. The Balaban J connectivity index is 2.96. The van der Waals surface area contributed by atoms with Crippen LogP contribution in [0.2, 0.25) is 0 Å². The molecule has 0 aliphatic heterocycles. The first kappa shape index (κ1) is 13.5. The second-order valence-electron chi connectivity index (χ2n) is 2.85. The molecule has 0 saturated heterocycles. The van der Waals surface area contributed by atoms with Gasteiger partial charge in [-0.15, -0.1) is 13.2 Å². The molecule has 0 aliphatic rings. The number of hydrogen-bond acceptors (Lipinski definition) is 3. The predicted molar refractivity (Wildman–Crippen MR) is 45.7 cm³/mol. The summed E-state index contributed by atoms with van der Waals surface area (Å²) in [5, 5.41) is 8.77. The van der Waals surface area contributed by atoms with Crippen LogP contribution in [0.1, 0.15) is 5.56 Å². The third kappa shape index (κ3) is 4.43. The van der Waals surface area contributed by atoms with E-state index in [0.29, 0.717) is 6.07 Å². The van der Waals surface area contributed by atoms with E-state index in [-0.39, 0.29) is 5.56 Å². The number of alkyl halides is 5. The van der Waals surface area contributed by atoms with Gasteiger partial charge in [0, 0.05) is 11.6 Å². The van der Waals surface area contributed by atoms with Gasteiger partial charge < -0.3 is 14.6 Å². The highest BCUT2D eigenvalue weighted by Crippen LogP contribution is 2.30. The number of hydrogen-bond donors (Lipinski definition) is 1. The lowest BCUT2D eigenvalue weighted by Gasteiger charge is -2.13. The molecule has 8 heteroatoms. The molecule has 0 aromatic heterocycles. The van der Waals surface area contributed by atoms with Gasteiger partial charge in [0.15, 0.2) is 0 Å². The van der Waals surface area contributed by atoms with Crippen LogP contribution >= 0.6 is 0 Å². The van der Waals surface area contributed by atoms with E-state index in [9.17, 15) is 22.0 Å². The molecule has 1 N–H and O–H groups in total. The molecule has 0 amide bonds. The SMILES string of the molecule is OCc1ccc(OC(F)(F)F)cc1OC(F)F. The maximum Gasteiger partial charge on any atom is 0.573 e. The Morgan fingerprint density at radius 3 is 2.35 bits per heavy atom. The zero-order chi connectivity index (χ0) is 13.1. The molecular weight excluding hydrogens is 251 g/mol. The fraction of sp³-hybridized carbons (Fsp3) is 0.333. The van der Waals surface area contributed by atoms with E-state index in [1.165, 1.54) is 0 Å². The van der Waals surface area contributed by atoms with Crippen molar-refractivity contribution in [2.75, 3.05) is 0 Å². The van der Waals surface area contributed by atoms with Gasteiger partial charge in [-0.2, -0.15) is 8.78 Å². The Bertz CT molecular complexity index is 377. The van der Waals surface area contributed by atoms with E-state index >= 15 is 0 Å². The minimum atomic E-state index is -4.93. The molecule has 3 nitrogen and oxygen atoms in total. The lowest BCUT2D eigenvalue weighted by Crippen LogP contribution is -2.17. The van der Waals surface area contributed by atoms with Crippen molar-refractivity contribution < 1.29 is 36.5 Å². The number of benzene rings is 1. The van der Waals surface area contributed by atoms with Gasteiger partial charge in [0.05, 0.1) is 6.61 Å². The third-order valence-corrected chi connectivity index (χ3v) is 1.66. The van der Waals surface area contributed by atoms with Gasteiger partial charge in [0.25, 0.3) is 0 Å². The summed E-state index contributed by atoms with van der Waals surface area (Å²) in [6, 6.07) is 2.52. The second-order valence-corrected chi connectivity index (χ2v) is 2.85. The van der Waals surface area contributed by atoms with Crippen molar-refractivity contribution in [3.05, 3.63) is 23.8 Å². The zero-order valence-corrected chi connectivity index (χ0v) is 8.17. The van der Waals surface area contributed by atoms with Gasteiger partial charge in [0.1, 0.15) is 11.5 Å². The van der Waals surface area contributed by atoms with E-state index in [2.05, 4.69) is 9.47 Å². The normalized spacial score (nSPS) is 11.7. The van der Waals surface area contributed by atoms with Gasteiger partial charge in [-0.1, -0.05) is 0 Å². The summed E-state index contributed by atoms with van der Waals surface area (Å²) in [4.78, 5) is 0. The Hall–Kier alpha value is -1.57. The van der Waals surface area contributed by atoms with Gasteiger partial charge in [-0.25, -0.2) is 0 Å². The van der Waals surface area contributed by atoms with Crippen LogP contribution in [0.4, 0.5) is 22.0 Å². The summed E-state index contributed by atoms with van der Waals surface area (Å²) >= 11 is 0. The van der Waals surface area contributed by atoms with Crippen LogP contribution in [0.15, 0.2) is 18.2 Å². The first-order valence-electron chi connectivity index (χ1n) is 4.26. The minimum Gasteiger partial charge on any atom is -0.434 e. The van der Waals surface area contributed by atoms with Crippen LogP contribution < -0.4 is 9.47 Å². The molecule has 0 radical (unpaired) electrons. The highest BCUT2D eigenvalue weighted by atomic mass is 19.4. The highest BCUT2D eigenvalue weighted by molar-refractivity contribution is 5.40. The summed E-state index contributed by atoms with van der Waals surface area (Å²) in [6.07, 6.45) is -4.93. The summed E-state index contributed by atoms with van der Waals surface area (Å²) in [6.45, 7) is -3.85. The smallest absolute Gasteiger partial charge is 0.434 e. The first-order chi connectivity index (χ1) is 7.81. The van der Waals surface area contributed by atoms with Gasteiger partial charge >= 0.3 is 13.0 Å². The standard InChI is InChI=1S/C9H7F5O3/c10-8(11)16-7-3-6(17-9(12,13)14)2-1-5(7)4-15/h1-3,8,15H,4H2. The minimum absolute atomic E-state index is 0.0696. The van der Waals surface area contributed by atoms with Crippen LogP contribution in [-0.2, 0) is 6.61 Å². The van der Waals surface area contributed by atoms with E-state index in [4.69, 9.17) is 5.11 Å². The van der Waals surface area contributed by atoms with Gasteiger partial charge in [0.2, 0.25) is 0 Å². The molecule has 0 atom stereocenters. The second kappa shape index (κ2) is 5.17. The molecule has 0 spiro atoms. The maximum absolute atomic E-state index is 11.9. The van der Waals surface area contributed by atoms with Crippen LogP contribution in [0.5, 0.6) is 11.5 Å². The summed E-state index contributed by atoms with van der Waals surface area (Å²) in [5.74, 6) is -1.27. The van der Waals surface area contributed by atoms with Crippen molar-refractivity contribution in [3.63, 3.8) is 0 Å². The van der Waals surface area contributed by atoms with Crippen LogP contribution in [0.25, 0.3) is 0 Å². The van der Waals surface area contributed by atoms with Crippen molar-refractivity contribution in [1.29, 1.82) is 0 Å².